The first-order valence-electron chi connectivity index (χ1n) is 7.00. The van der Waals surface area contributed by atoms with Crippen molar-refractivity contribution in [2.75, 3.05) is 6.61 Å². The van der Waals surface area contributed by atoms with Gasteiger partial charge in [-0.25, -0.2) is 9.78 Å². The van der Waals surface area contributed by atoms with E-state index in [-0.39, 0.29) is 35.9 Å². The maximum atomic E-state index is 11.8. The Morgan fingerprint density at radius 3 is 2.75 bits per heavy atom. The predicted octanol–water partition coefficient (Wildman–Crippen LogP) is 2.51. The van der Waals surface area contributed by atoms with Crippen molar-refractivity contribution in [3.8, 4) is 0 Å². The van der Waals surface area contributed by atoms with Crippen LogP contribution in [-0.2, 0) is 27.3 Å². The number of nitro groups is 1. The normalized spacial score (nSPS) is 10.2. The van der Waals surface area contributed by atoms with Crippen molar-refractivity contribution in [2.24, 2.45) is 0 Å². The molecule has 0 saturated heterocycles. The van der Waals surface area contributed by atoms with Crippen molar-refractivity contribution < 1.29 is 24.0 Å². The van der Waals surface area contributed by atoms with Crippen LogP contribution in [0.25, 0.3) is 0 Å². The molecular weight excluding hydrogens is 336 g/mol. The summed E-state index contributed by atoms with van der Waals surface area (Å²) in [5.74, 6) is -1.14. The summed E-state index contributed by atoms with van der Waals surface area (Å²) in [5.41, 5.74) is 0.560. The fraction of sp³-hybridized carbons (Fsp3) is 0.267. The monoisotopic (exact) mass is 350 g/mol. The molecule has 0 radical (unpaired) electrons. The predicted molar refractivity (Wildman–Crippen MR) is 84.7 cm³/mol. The number of para-hydroxylation sites is 1. The molecule has 0 aliphatic carbocycles. The first-order valence-corrected chi connectivity index (χ1v) is 7.88. The van der Waals surface area contributed by atoms with Gasteiger partial charge in [0.1, 0.15) is 6.61 Å². The van der Waals surface area contributed by atoms with Crippen LogP contribution in [0.1, 0.15) is 28.0 Å². The number of carbonyl (C=O) groups excluding carboxylic acids is 2. The van der Waals surface area contributed by atoms with Gasteiger partial charge in [0, 0.05) is 17.0 Å². The number of rotatable bonds is 7. The first-order chi connectivity index (χ1) is 11.5. The molecule has 0 amide bonds. The highest BCUT2D eigenvalue weighted by Gasteiger charge is 2.17. The van der Waals surface area contributed by atoms with Gasteiger partial charge >= 0.3 is 11.9 Å². The van der Waals surface area contributed by atoms with Crippen LogP contribution in [0.4, 0.5) is 5.69 Å². The molecule has 1 aromatic heterocycles. The second-order valence-electron chi connectivity index (χ2n) is 4.59. The number of esters is 2. The lowest BCUT2D eigenvalue weighted by atomic mass is 10.1. The Hall–Kier alpha value is -2.81. The lowest BCUT2D eigenvalue weighted by Gasteiger charge is -2.04. The average molecular weight is 350 g/mol. The molecule has 0 unspecified atom stereocenters. The van der Waals surface area contributed by atoms with Crippen molar-refractivity contribution in [1.29, 1.82) is 0 Å². The molecule has 0 bridgehead atoms. The molecule has 126 valence electrons. The van der Waals surface area contributed by atoms with Crippen molar-refractivity contribution in [3.63, 3.8) is 0 Å². The van der Waals surface area contributed by atoms with E-state index >= 15 is 0 Å². The highest BCUT2D eigenvalue weighted by atomic mass is 32.1. The Kier molecular flexibility index (Phi) is 5.96. The van der Waals surface area contributed by atoms with E-state index in [2.05, 4.69) is 4.98 Å². The third-order valence-corrected chi connectivity index (χ3v) is 3.78. The summed E-state index contributed by atoms with van der Waals surface area (Å²) in [6.45, 7) is 1.82. The number of nitro benzene ring substituents is 1. The first kappa shape index (κ1) is 17.5. The maximum Gasteiger partial charge on any atom is 0.367 e. The Balaban J connectivity index is 1.92. The zero-order chi connectivity index (χ0) is 17.5. The van der Waals surface area contributed by atoms with Crippen molar-refractivity contribution in [2.45, 2.75) is 20.0 Å². The van der Waals surface area contributed by atoms with E-state index in [0.29, 0.717) is 5.69 Å². The van der Waals surface area contributed by atoms with Gasteiger partial charge in [0.05, 0.1) is 23.6 Å². The van der Waals surface area contributed by atoms with Crippen LogP contribution in [0.3, 0.4) is 0 Å². The summed E-state index contributed by atoms with van der Waals surface area (Å²) < 4.78 is 9.87. The lowest BCUT2D eigenvalue weighted by Crippen LogP contribution is -2.10. The van der Waals surface area contributed by atoms with Crippen LogP contribution in [-0.4, -0.2) is 28.5 Å². The van der Waals surface area contributed by atoms with Crippen LogP contribution in [0.2, 0.25) is 0 Å². The van der Waals surface area contributed by atoms with Crippen LogP contribution >= 0.6 is 11.3 Å². The summed E-state index contributed by atoms with van der Waals surface area (Å²) in [6.07, 6.45) is -0.216. The van der Waals surface area contributed by atoms with Gasteiger partial charge in [-0.15, -0.1) is 11.3 Å². The number of hydrogen-bond acceptors (Lipinski definition) is 8. The number of ether oxygens (including phenoxy) is 2. The van der Waals surface area contributed by atoms with Crippen LogP contribution < -0.4 is 0 Å². The van der Waals surface area contributed by atoms with Gasteiger partial charge in [-0.2, -0.15) is 0 Å². The summed E-state index contributed by atoms with van der Waals surface area (Å²) in [4.78, 5) is 37.7. The summed E-state index contributed by atoms with van der Waals surface area (Å²) in [5, 5.41) is 12.7. The molecule has 0 fully saturated rings. The summed E-state index contributed by atoms with van der Waals surface area (Å²) >= 11 is 1.09. The Morgan fingerprint density at radius 1 is 1.29 bits per heavy atom. The highest BCUT2D eigenvalue weighted by Crippen LogP contribution is 2.19. The van der Waals surface area contributed by atoms with Gasteiger partial charge in [0.15, 0.2) is 0 Å². The average Bonchev–Trinajstić information content (AvgIpc) is 3.02. The second-order valence-corrected chi connectivity index (χ2v) is 5.45. The molecule has 0 N–H and O–H groups in total. The number of nitrogens with zero attached hydrogens (tertiary/aromatic N) is 2. The molecule has 0 atom stereocenters. The minimum Gasteiger partial charge on any atom is -0.461 e. The number of hydrogen-bond donors (Lipinski definition) is 0. The largest absolute Gasteiger partial charge is 0.461 e. The molecule has 0 aliphatic heterocycles. The SMILES string of the molecule is CCOC(=O)c1nc(COC(=O)Cc2ccccc2[N+](=O)[O-])cs1. The molecular formula is C15H14N2O6S. The number of carbonyl (C=O) groups is 2. The smallest absolute Gasteiger partial charge is 0.367 e. The maximum absolute atomic E-state index is 11.8. The molecule has 2 aromatic rings. The molecule has 1 aromatic carbocycles. The molecule has 2 rings (SSSR count). The third kappa shape index (κ3) is 4.59. The Bertz CT molecular complexity index is 758. The van der Waals surface area contributed by atoms with Crippen LogP contribution in [0.5, 0.6) is 0 Å². The van der Waals surface area contributed by atoms with E-state index in [9.17, 15) is 19.7 Å². The van der Waals surface area contributed by atoms with Crippen molar-refractivity contribution in [1.82, 2.24) is 4.98 Å². The van der Waals surface area contributed by atoms with E-state index in [1.165, 1.54) is 18.2 Å². The van der Waals surface area contributed by atoms with Crippen molar-refractivity contribution in [3.05, 3.63) is 56.0 Å². The standard InChI is InChI=1S/C15H14N2O6S/c1-2-22-15(19)14-16-11(9-24-14)8-23-13(18)7-10-5-3-4-6-12(10)17(20)21/h3-6,9H,2,7-8H2,1H3. The van der Waals surface area contributed by atoms with Gasteiger partial charge in [0.25, 0.3) is 5.69 Å². The van der Waals surface area contributed by atoms with Gasteiger partial charge in [-0.1, -0.05) is 18.2 Å². The van der Waals surface area contributed by atoms with E-state index in [4.69, 9.17) is 9.47 Å². The molecule has 0 spiro atoms. The quantitative estimate of drug-likeness (QED) is 0.429. The molecule has 24 heavy (non-hydrogen) atoms. The van der Waals surface area contributed by atoms with E-state index < -0.39 is 16.9 Å². The molecule has 0 aliphatic rings. The van der Waals surface area contributed by atoms with Gasteiger partial charge in [-0.3, -0.25) is 14.9 Å². The topological polar surface area (TPSA) is 109 Å². The Morgan fingerprint density at radius 2 is 2.04 bits per heavy atom. The fourth-order valence-corrected chi connectivity index (χ4v) is 2.55. The summed E-state index contributed by atoms with van der Waals surface area (Å²) in [7, 11) is 0. The van der Waals surface area contributed by atoms with Crippen LogP contribution in [0, 0.1) is 10.1 Å². The highest BCUT2D eigenvalue weighted by molar-refractivity contribution is 7.11. The molecule has 8 nitrogen and oxygen atoms in total. The number of aromatic nitrogens is 1. The van der Waals surface area contributed by atoms with Crippen LogP contribution in [0.15, 0.2) is 29.6 Å². The molecule has 0 saturated carbocycles. The minimum absolute atomic E-state index is 0.116. The van der Waals surface area contributed by atoms with E-state index in [0.717, 1.165) is 11.3 Å². The van der Waals surface area contributed by atoms with Gasteiger partial charge in [0.2, 0.25) is 5.01 Å². The number of benzene rings is 1. The van der Waals surface area contributed by atoms with E-state index in [1.807, 2.05) is 0 Å². The van der Waals surface area contributed by atoms with Crippen molar-refractivity contribution >= 4 is 29.0 Å². The van der Waals surface area contributed by atoms with Gasteiger partial charge < -0.3 is 9.47 Å². The lowest BCUT2D eigenvalue weighted by molar-refractivity contribution is -0.385. The zero-order valence-corrected chi connectivity index (χ0v) is 13.6. The van der Waals surface area contributed by atoms with E-state index in [1.54, 1.807) is 18.4 Å². The Labute approximate surface area is 141 Å². The zero-order valence-electron chi connectivity index (χ0n) is 12.8. The molecule has 9 heteroatoms. The second kappa shape index (κ2) is 8.16. The minimum atomic E-state index is -0.616. The van der Waals surface area contributed by atoms with Gasteiger partial charge in [-0.05, 0) is 6.92 Å². The molecule has 1 heterocycles. The number of thiazole rings is 1. The third-order valence-electron chi connectivity index (χ3n) is 2.91. The summed E-state index contributed by atoms with van der Waals surface area (Å²) in [6, 6.07) is 5.97. The fourth-order valence-electron chi connectivity index (χ4n) is 1.86.